The lowest BCUT2D eigenvalue weighted by Gasteiger charge is -2.21. The highest BCUT2D eigenvalue weighted by Crippen LogP contribution is 2.47. The Morgan fingerprint density at radius 1 is 0.783 bits per heavy atom. The lowest BCUT2D eigenvalue weighted by Crippen LogP contribution is -2.21. The number of rotatable bonds is 5. The summed E-state index contributed by atoms with van der Waals surface area (Å²) in [6.07, 6.45) is 29.7. The number of fused-ring (bicyclic) bond motifs is 3. The van der Waals surface area contributed by atoms with E-state index in [9.17, 15) is 0 Å². The Morgan fingerprint density at radius 3 is 2.35 bits per heavy atom. The molecule has 2 heterocycles. The van der Waals surface area contributed by atoms with E-state index in [4.69, 9.17) is 5.73 Å². The van der Waals surface area contributed by atoms with Crippen molar-refractivity contribution >= 4 is 39.0 Å². The van der Waals surface area contributed by atoms with E-state index in [1.165, 1.54) is 37.6 Å². The average Bonchev–Trinajstić information content (AvgIpc) is 3.43. The fourth-order valence-corrected chi connectivity index (χ4v) is 7.07. The molecule has 1 atom stereocenters. The first-order valence-electron chi connectivity index (χ1n) is 15.5. The number of hydrogen-bond donors (Lipinski definition) is 1. The molecule has 0 spiro atoms. The summed E-state index contributed by atoms with van der Waals surface area (Å²) in [6.45, 7) is 15.2. The molecule has 0 aromatic heterocycles. The van der Waals surface area contributed by atoms with Crippen LogP contribution in [0.5, 0.6) is 0 Å². The van der Waals surface area contributed by atoms with Crippen LogP contribution in [0.2, 0.25) is 0 Å². The molecule has 1 aliphatic carbocycles. The van der Waals surface area contributed by atoms with Crippen molar-refractivity contribution < 1.29 is 0 Å². The summed E-state index contributed by atoms with van der Waals surface area (Å²) in [5.41, 5.74) is 15.3. The van der Waals surface area contributed by atoms with Gasteiger partial charge in [-0.2, -0.15) is 0 Å². The number of benzene rings is 3. The van der Waals surface area contributed by atoms with Gasteiger partial charge in [0.1, 0.15) is 0 Å². The number of nitrogens with two attached hydrogens (primary N) is 1. The lowest BCUT2D eigenvalue weighted by molar-refractivity contribution is 0.963. The van der Waals surface area contributed by atoms with E-state index >= 15 is 0 Å². The molecule has 0 bridgehead atoms. The molecule has 2 nitrogen and oxygen atoms in total. The Hall–Kier alpha value is -5.09. The summed E-state index contributed by atoms with van der Waals surface area (Å²) in [7, 11) is 0. The van der Waals surface area contributed by atoms with Gasteiger partial charge in [0.25, 0.3) is 0 Å². The van der Waals surface area contributed by atoms with E-state index in [2.05, 4.69) is 127 Å². The molecule has 3 heteroatoms. The van der Waals surface area contributed by atoms with Gasteiger partial charge in [-0.15, -0.1) is 0 Å². The standard InChI is InChI=1S/C43H38N2S/c1-5-6-7-22-40(44)42-39(29-38-31(3)17-13-15-26-46-43(38)42)34-23-25-45(24-14-12-16-30(2)32(4)27-34)41-28-33-18-8-9-19-35(33)36-20-10-11-21-37(36)41/h5-28,40H,2-4,29,44H2,1H3/b6-5-,16-12-,17-13-,22-7-,24-14-,25-23-,26-15-,34-27+. The highest BCUT2D eigenvalue weighted by Gasteiger charge is 2.30. The highest BCUT2D eigenvalue weighted by atomic mass is 32.2. The van der Waals surface area contributed by atoms with E-state index in [1.54, 1.807) is 11.8 Å². The molecule has 2 aliphatic heterocycles. The predicted octanol–water partition coefficient (Wildman–Crippen LogP) is 11.2. The van der Waals surface area contributed by atoms with Gasteiger partial charge in [0.05, 0.1) is 5.69 Å². The van der Waals surface area contributed by atoms with Crippen LogP contribution in [-0.2, 0) is 0 Å². The zero-order valence-electron chi connectivity index (χ0n) is 26.2. The molecular weight excluding hydrogens is 577 g/mol. The molecule has 3 aliphatic rings. The van der Waals surface area contributed by atoms with Crippen LogP contribution < -0.4 is 10.6 Å². The molecular formula is C43H38N2S. The van der Waals surface area contributed by atoms with Gasteiger partial charge in [-0.1, -0.05) is 135 Å². The van der Waals surface area contributed by atoms with Crippen molar-refractivity contribution in [3.8, 4) is 0 Å². The second-order valence-electron chi connectivity index (χ2n) is 11.4. The molecule has 3 aromatic rings. The van der Waals surface area contributed by atoms with Crippen LogP contribution >= 0.6 is 11.8 Å². The first-order valence-corrected chi connectivity index (χ1v) is 16.4. The van der Waals surface area contributed by atoms with Gasteiger partial charge in [-0.05, 0) is 91.8 Å². The molecule has 3 aromatic carbocycles. The second-order valence-corrected chi connectivity index (χ2v) is 12.3. The lowest BCUT2D eigenvalue weighted by atomic mass is 9.93. The van der Waals surface area contributed by atoms with Gasteiger partial charge < -0.3 is 10.6 Å². The first-order chi connectivity index (χ1) is 22.5. The minimum Gasteiger partial charge on any atom is -0.323 e. The van der Waals surface area contributed by atoms with Crippen molar-refractivity contribution in [2.45, 2.75) is 19.4 Å². The first kappa shape index (κ1) is 30.9. The molecule has 1 unspecified atom stereocenters. The molecule has 0 fully saturated rings. The summed E-state index contributed by atoms with van der Waals surface area (Å²) < 4.78 is 0. The van der Waals surface area contributed by atoms with Crippen molar-refractivity contribution in [2.75, 3.05) is 4.90 Å². The maximum atomic E-state index is 6.98. The van der Waals surface area contributed by atoms with Gasteiger partial charge in [0, 0.05) is 35.2 Å². The number of hydrogen-bond acceptors (Lipinski definition) is 3. The monoisotopic (exact) mass is 614 g/mol. The zero-order valence-corrected chi connectivity index (χ0v) is 27.0. The van der Waals surface area contributed by atoms with Crippen LogP contribution in [0.15, 0.2) is 209 Å². The molecule has 46 heavy (non-hydrogen) atoms. The van der Waals surface area contributed by atoms with Gasteiger partial charge in [0.15, 0.2) is 0 Å². The summed E-state index contributed by atoms with van der Waals surface area (Å²) in [4.78, 5) is 3.37. The minimum atomic E-state index is -0.305. The van der Waals surface area contributed by atoms with Gasteiger partial charge in [-0.3, -0.25) is 0 Å². The Kier molecular flexibility index (Phi) is 9.35. The summed E-state index contributed by atoms with van der Waals surface area (Å²) in [6, 6.07) is 19.1. The molecule has 226 valence electrons. The third kappa shape index (κ3) is 6.34. The van der Waals surface area contributed by atoms with Crippen LogP contribution in [0.25, 0.3) is 21.5 Å². The third-order valence-electron chi connectivity index (χ3n) is 8.40. The second kappa shape index (κ2) is 13.9. The Morgan fingerprint density at radius 2 is 1.52 bits per heavy atom. The summed E-state index contributed by atoms with van der Waals surface area (Å²) in [5, 5.41) is 6.96. The number of thioether (sulfide) groups is 1. The van der Waals surface area contributed by atoms with Crippen molar-refractivity contribution in [2.24, 2.45) is 5.73 Å². The van der Waals surface area contributed by atoms with Crippen molar-refractivity contribution in [1.29, 1.82) is 0 Å². The van der Waals surface area contributed by atoms with E-state index in [1.807, 2.05) is 49.5 Å². The maximum absolute atomic E-state index is 6.98. The smallest absolute Gasteiger partial charge is 0.0534 e. The van der Waals surface area contributed by atoms with Crippen LogP contribution in [0.4, 0.5) is 5.69 Å². The van der Waals surface area contributed by atoms with E-state index in [0.717, 1.165) is 40.0 Å². The largest absolute Gasteiger partial charge is 0.323 e. The quantitative estimate of drug-likeness (QED) is 0.229. The summed E-state index contributed by atoms with van der Waals surface area (Å²) in [5.74, 6) is 0. The molecule has 0 saturated heterocycles. The predicted molar refractivity (Wildman–Crippen MR) is 203 cm³/mol. The number of nitrogens with zero attached hydrogens (tertiary/aromatic N) is 1. The van der Waals surface area contributed by atoms with E-state index in [-0.39, 0.29) is 6.04 Å². The van der Waals surface area contributed by atoms with Crippen molar-refractivity contribution in [3.63, 3.8) is 0 Å². The van der Waals surface area contributed by atoms with E-state index < -0.39 is 0 Å². The maximum Gasteiger partial charge on any atom is 0.0534 e. The Labute approximate surface area is 277 Å². The van der Waals surface area contributed by atoms with Crippen molar-refractivity contribution in [1.82, 2.24) is 0 Å². The molecule has 0 amide bonds. The van der Waals surface area contributed by atoms with Crippen molar-refractivity contribution in [3.05, 3.63) is 209 Å². The third-order valence-corrected chi connectivity index (χ3v) is 9.39. The minimum absolute atomic E-state index is 0.305. The molecule has 0 saturated carbocycles. The molecule has 6 rings (SSSR count). The zero-order chi connectivity index (χ0) is 32.0. The molecule has 2 N–H and O–H groups in total. The van der Waals surface area contributed by atoms with Crippen LogP contribution in [-0.4, -0.2) is 6.04 Å². The van der Waals surface area contributed by atoms with Crippen LogP contribution in [0, 0.1) is 0 Å². The van der Waals surface area contributed by atoms with E-state index in [0.29, 0.717) is 0 Å². The average molecular weight is 615 g/mol. The fraction of sp³-hybridized carbons (Fsp3) is 0.0698. The number of allylic oxidation sites excluding steroid dienone is 17. The van der Waals surface area contributed by atoms with Gasteiger partial charge >= 0.3 is 0 Å². The highest BCUT2D eigenvalue weighted by molar-refractivity contribution is 8.06. The van der Waals surface area contributed by atoms with Gasteiger partial charge in [-0.25, -0.2) is 0 Å². The molecule has 0 radical (unpaired) electrons. The fourth-order valence-electron chi connectivity index (χ4n) is 6.03. The summed E-state index contributed by atoms with van der Waals surface area (Å²) >= 11 is 1.71. The normalized spacial score (nSPS) is 22.9. The van der Waals surface area contributed by atoms with Gasteiger partial charge in [0.2, 0.25) is 0 Å². The topological polar surface area (TPSA) is 29.3 Å². The SMILES string of the molecule is C=C1/C=C\C=C/N(c2cc3ccccc3c3ccccc23)/C=C\C(C2=C(C(N)/C=C\C=C/C)C3=C(C2)C(=C)/C=C\C=C/S3)=C/C1=C. The Bertz CT molecular complexity index is 2070. The van der Waals surface area contributed by atoms with Crippen LogP contribution in [0.1, 0.15) is 13.3 Å². The van der Waals surface area contributed by atoms with Crippen LogP contribution in [0.3, 0.4) is 0 Å². The Balaban J connectivity index is 1.54. The number of anilines is 1.